The van der Waals surface area contributed by atoms with Gasteiger partial charge in [-0.3, -0.25) is 4.79 Å². The predicted molar refractivity (Wildman–Crippen MR) is 56.5 cm³/mol. The van der Waals surface area contributed by atoms with E-state index in [0.717, 1.165) is 11.1 Å². The Kier molecular flexibility index (Phi) is 4.80. The molecule has 0 bridgehead atoms. The second kappa shape index (κ2) is 6.16. The molecule has 0 amide bonds. The van der Waals surface area contributed by atoms with Gasteiger partial charge in [0.2, 0.25) is 0 Å². The van der Waals surface area contributed by atoms with E-state index in [4.69, 9.17) is 9.84 Å². The summed E-state index contributed by atoms with van der Waals surface area (Å²) >= 11 is 0. The van der Waals surface area contributed by atoms with Crippen LogP contribution in [0.25, 0.3) is 0 Å². The number of carboxylic acids is 1. The molecular formula is C11H15NO3. The first kappa shape index (κ1) is 11.7. The molecule has 0 saturated carbocycles. The van der Waals surface area contributed by atoms with E-state index in [1.165, 1.54) is 0 Å². The molecule has 2 N–H and O–H groups in total. The van der Waals surface area contributed by atoms with E-state index < -0.39 is 5.97 Å². The van der Waals surface area contributed by atoms with Gasteiger partial charge in [0, 0.05) is 13.7 Å². The van der Waals surface area contributed by atoms with Crippen molar-refractivity contribution in [1.29, 1.82) is 0 Å². The van der Waals surface area contributed by atoms with Crippen molar-refractivity contribution in [2.45, 2.75) is 13.2 Å². The first-order valence-corrected chi connectivity index (χ1v) is 4.71. The molecule has 0 spiro atoms. The molecule has 0 saturated heterocycles. The summed E-state index contributed by atoms with van der Waals surface area (Å²) in [5.74, 6) is -0.842. The molecule has 0 aliphatic heterocycles. The number of hydrogen-bond donors (Lipinski definition) is 2. The van der Waals surface area contributed by atoms with Crippen LogP contribution < -0.4 is 5.32 Å². The smallest absolute Gasteiger partial charge is 0.317 e. The van der Waals surface area contributed by atoms with E-state index in [1.807, 2.05) is 24.3 Å². The summed E-state index contributed by atoms with van der Waals surface area (Å²) in [6.45, 7) is 1.15. The predicted octanol–water partition coefficient (Wildman–Crippen LogP) is 1.01. The molecule has 0 heterocycles. The lowest BCUT2D eigenvalue weighted by Crippen LogP contribution is -2.21. The number of aliphatic carboxylic acids is 1. The summed E-state index contributed by atoms with van der Waals surface area (Å²) in [6, 6.07) is 7.87. The van der Waals surface area contributed by atoms with Crippen LogP contribution in [0.1, 0.15) is 11.1 Å². The zero-order chi connectivity index (χ0) is 11.1. The van der Waals surface area contributed by atoms with Crippen molar-refractivity contribution >= 4 is 5.97 Å². The number of benzene rings is 1. The molecule has 4 nitrogen and oxygen atoms in total. The Labute approximate surface area is 88.9 Å². The molecule has 0 fully saturated rings. The van der Waals surface area contributed by atoms with Gasteiger partial charge in [0.25, 0.3) is 0 Å². The van der Waals surface area contributed by atoms with E-state index >= 15 is 0 Å². The highest BCUT2D eigenvalue weighted by Crippen LogP contribution is 2.04. The summed E-state index contributed by atoms with van der Waals surface area (Å²) in [4.78, 5) is 10.2. The monoisotopic (exact) mass is 209 g/mol. The van der Waals surface area contributed by atoms with Crippen LogP contribution in [0.15, 0.2) is 24.3 Å². The fraction of sp³-hybridized carbons (Fsp3) is 0.364. The molecule has 0 atom stereocenters. The minimum absolute atomic E-state index is 0.0141. The average molecular weight is 209 g/mol. The maximum Gasteiger partial charge on any atom is 0.317 e. The van der Waals surface area contributed by atoms with Crippen LogP contribution in [0.3, 0.4) is 0 Å². The van der Waals surface area contributed by atoms with Crippen molar-refractivity contribution < 1.29 is 14.6 Å². The minimum Gasteiger partial charge on any atom is -0.480 e. The number of methoxy groups -OCH3 is 1. The molecule has 0 aliphatic rings. The van der Waals surface area contributed by atoms with E-state index in [9.17, 15) is 4.79 Å². The highest BCUT2D eigenvalue weighted by atomic mass is 16.5. The van der Waals surface area contributed by atoms with Gasteiger partial charge < -0.3 is 15.2 Å². The van der Waals surface area contributed by atoms with Crippen LogP contribution in [0.4, 0.5) is 0 Å². The van der Waals surface area contributed by atoms with Crippen LogP contribution >= 0.6 is 0 Å². The second-order valence-electron chi connectivity index (χ2n) is 3.25. The molecule has 0 aliphatic carbocycles. The first-order chi connectivity index (χ1) is 7.22. The molecule has 0 radical (unpaired) electrons. The van der Waals surface area contributed by atoms with Gasteiger partial charge >= 0.3 is 5.97 Å². The molecule has 82 valence electrons. The molecule has 15 heavy (non-hydrogen) atoms. The molecular weight excluding hydrogens is 194 g/mol. The molecule has 1 aromatic rings. The number of ether oxygens (including phenoxy) is 1. The van der Waals surface area contributed by atoms with E-state index in [2.05, 4.69) is 5.32 Å². The van der Waals surface area contributed by atoms with Crippen LogP contribution in [0, 0.1) is 0 Å². The average Bonchev–Trinajstić information content (AvgIpc) is 2.20. The lowest BCUT2D eigenvalue weighted by Gasteiger charge is -2.04. The van der Waals surface area contributed by atoms with Crippen molar-refractivity contribution in [3.05, 3.63) is 35.4 Å². The molecule has 1 rings (SSSR count). The molecule has 1 aromatic carbocycles. The Morgan fingerprint density at radius 1 is 1.33 bits per heavy atom. The highest BCUT2D eigenvalue weighted by Gasteiger charge is 1.97. The topological polar surface area (TPSA) is 58.6 Å². The summed E-state index contributed by atoms with van der Waals surface area (Å²) in [6.07, 6.45) is 0. The Hall–Kier alpha value is -1.39. The highest BCUT2D eigenvalue weighted by molar-refractivity contribution is 5.68. The number of carboxylic acid groups (broad SMARTS) is 1. The number of carbonyl (C=O) groups is 1. The van der Waals surface area contributed by atoms with Gasteiger partial charge in [0.1, 0.15) is 0 Å². The maximum absolute atomic E-state index is 10.2. The van der Waals surface area contributed by atoms with Crippen molar-refractivity contribution in [2.24, 2.45) is 0 Å². The van der Waals surface area contributed by atoms with E-state index in [1.54, 1.807) is 7.11 Å². The fourth-order valence-electron chi connectivity index (χ4n) is 1.23. The third kappa shape index (κ3) is 4.58. The molecule has 4 heteroatoms. The quantitative estimate of drug-likeness (QED) is 0.734. The largest absolute Gasteiger partial charge is 0.480 e. The van der Waals surface area contributed by atoms with Gasteiger partial charge in [-0.25, -0.2) is 0 Å². The van der Waals surface area contributed by atoms with Crippen LogP contribution in [0.2, 0.25) is 0 Å². The Morgan fingerprint density at radius 2 is 1.93 bits per heavy atom. The minimum atomic E-state index is -0.842. The summed E-state index contributed by atoms with van der Waals surface area (Å²) in [5.41, 5.74) is 2.18. The van der Waals surface area contributed by atoms with Crippen molar-refractivity contribution in [1.82, 2.24) is 5.32 Å². The maximum atomic E-state index is 10.2. The lowest BCUT2D eigenvalue weighted by molar-refractivity contribution is -0.135. The van der Waals surface area contributed by atoms with Gasteiger partial charge in [0.05, 0.1) is 13.2 Å². The van der Waals surface area contributed by atoms with Gasteiger partial charge in [-0.1, -0.05) is 24.3 Å². The van der Waals surface area contributed by atoms with E-state index in [-0.39, 0.29) is 6.54 Å². The van der Waals surface area contributed by atoms with Crippen molar-refractivity contribution in [2.75, 3.05) is 13.7 Å². The van der Waals surface area contributed by atoms with Gasteiger partial charge in [-0.15, -0.1) is 0 Å². The number of rotatable bonds is 6. The number of hydrogen-bond acceptors (Lipinski definition) is 3. The van der Waals surface area contributed by atoms with Gasteiger partial charge in [0.15, 0.2) is 0 Å². The fourth-order valence-corrected chi connectivity index (χ4v) is 1.23. The zero-order valence-electron chi connectivity index (χ0n) is 8.69. The SMILES string of the molecule is COCc1ccc(CNCC(=O)O)cc1. The zero-order valence-corrected chi connectivity index (χ0v) is 8.69. The third-order valence-electron chi connectivity index (χ3n) is 1.94. The van der Waals surface area contributed by atoms with Crippen LogP contribution in [0.5, 0.6) is 0 Å². The molecule has 0 aromatic heterocycles. The third-order valence-corrected chi connectivity index (χ3v) is 1.94. The number of nitrogens with one attached hydrogen (secondary N) is 1. The van der Waals surface area contributed by atoms with Crippen molar-refractivity contribution in [3.63, 3.8) is 0 Å². The Balaban J connectivity index is 2.39. The first-order valence-electron chi connectivity index (χ1n) is 4.71. The normalized spacial score (nSPS) is 10.2. The second-order valence-corrected chi connectivity index (χ2v) is 3.25. The molecule has 0 unspecified atom stereocenters. The van der Waals surface area contributed by atoms with Crippen molar-refractivity contribution in [3.8, 4) is 0 Å². The Morgan fingerprint density at radius 3 is 2.47 bits per heavy atom. The summed E-state index contributed by atoms with van der Waals surface area (Å²) in [5, 5.41) is 11.2. The van der Waals surface area contributed by atoms with E-state index in [0.29, 0.717) is 13.2 Å². The summed E-state index contributed by atoms with van der Waals surface area (Å²) < 4.78 is 4.99. The standard InChI is InChI=1S/C11H15NO3/c1-15-8-10-4-2-9(3-5-10)6-12-7-11(13)14/h2-5,12H,6-8H2,1H3,(H,13,14). The van der Waals surface area contributed by atoms with Crippen LogP contribution in [-0.2, 0) is 22.7 Å². The summed E-state index contributed by atoms with van der Waals surface area (Å²) in [7, 11) is 1.66. The van der Waals surface area contributed by atoms with Crippen LogP contribution in [-0.4, -0.2) is 24.7 Å². The van der Waals surface area contributed by atoms with Gasteiger partial charge in [-0.05, 0) is 11.1 Å². The Bertz CT molecular complexity index is 308. The van der Waals surface area contributed by atoms with Gasteiger partial charge in [-0.2, -0.15) is 0 Å². The lowest BCUT2D eigenvalue weighted by atomic mass is 10.1.